The summed E-state index contributed by atoms with van der Waals surface area (Å²) < 4.78 is 48.1. The van der Waals surface area contributed by atoms with Gasteiger partial charge in [-0.15, -0.1) is 0 Å². The number of hydrogen-bond donors (Lipinski definition) is 1. The van der Waals surface area contributed by atoms with Crippen molar-refractivity contribution in [2.24, 2.45) is 5.73 Å². The average molecular weight is 251 g/mol. The Morgan fingerprint density at radius 1 is 1.44 bits per heavy atom. The lowest BCUT2D eigenvalue weighted by atomic mass is 10.1. The Morgan fingerprint density at radius 2 is 2.06 bits per heavy atom. The van der Waals surface area contributed by atoms with Crippen molar-refractivity contribution < 1.29 is 17.4 Å². The van der Waals surface area contributed by atoms with Gasteiger partial charge in [0.2, 0.25) is 0 Å². The van der Waals surface area contributed by atoms with Gasteiger partial charge >= 0.3 is 6.18 Å². The lowest BCUT2D eigenvalue weighted by Crippen LogP contribution is -2.18. The van der Waals surface area contributed by atoms with Crippen molar-refractivity contribution in [2.75, 3.05) is 12.0 Å². The van der Waals surface area contributed by atoms with E-state index in [1.165, 1.54) is 18.4 Å². The first-order valence-electron chi connectivity index (χ1n) is 4.53. The second-order valence-electron chi connectivity index (χ2n) is 3.47. The average Bonchev–Trinajstić information content (AvgIpc) is 2.15. The van der Waals surface area contributed by atoms with E-state index < -0.39 is 28.6 Å². The molecule has 1 aromatic carbocycles. The molecule has 1 rings (SSSR count). The zero-order chi connectivity index (χ0) is 12.3. The molecule has 0 spiro atoms. The Labute approximate surface area is 94.1 Å². The van der Waals surface area contributed by atoms with Gasteiger partial charge in [-0.3, -0.25) is 4.21 Å². The Hall–Kier alpha value is -0.880. The van der Waals surface area contributed by atoms with Crippen LogP contribution < -0.4 is 5.73 Å². The van der Waals surface area contributed by atoms with Crippen LogP contribution in [0.2, 0.25) is 0 Å². The standard InChI is InChI=1S/C10H12F3NOS/c1-16(15)6-9(14)7-3-2-4-8(5-7)10(11,12)13/h2-5,9H,6,14H2,1H3. The van der Waals surface area contributed by atoms with Crippen molar-refractivity contribution in [3.63, 3.8) is 0 Å². The fourth-order valence-electron chi connectivity index (χ4n) is 1.29. The predicted octanol–water partition coefficient (Wildman–Crippen LogP) is 2.08. The van der Waals surface area contributed by atoms with Crippen LogP contribution in [0.25, 0.3) is 0 Å². The molecular formula is C10H12F3NOS. The van der Waals surface area contributed by atoms with Gasteiger partial charge in [-0.05, 0) is 17.7 Å². The zero-order valence-corrected chi connectivity index (χ0v) is 9.44. The molecule has 2 nitrogen and oxygen atoms in total. The van der Waals surface area contributed by atoms with Gasteiger partial charge in [0.05, 0.1) is 5.56 Å². The summed E-state index contributed by atoms with van der Waals surface area (Å²) in [6, 6.07) is 4.16. The van der Waals surface area contributed by atoms with Crippen molar-refractivity contribution in [1.29, 1.82) is 0 Å². The number of benzene rings is 1. The monoisotopic (exact) mass is 251 g/mol. The van der Waals surface area contributed by atoms with E-state index in [1.54, 1.807) is 0 Å². The maximum Gasteiger partial charge on any atom is 0.416 e. The first kappa shape index (κ1) is 13.2. The van der Waals surface area contributed by atoms with Gasteiger partial charge in [0.25, 0.3) is 0 Å². The topological polar surface area (TPSA) is 43.1 Å². The van der Waals surface area contributed by atoms with Crippen molar-refractivity contribution in [3.05, 3.63) is 35.4 Å². The Morgan fingerprint density at radius 3 is 2.56 bits per heavy atom. The van der Waals surface area contributed by atoms with E-state index in [-0.39, 0.29) is 5.75 Å². The highest BCUT2D eigenvalue weighted by Crippen LogP contribution is 2.30. The van der Waals surface area contributed by atoms with Crippen LogP contribution in [0.5, 0.6) is 0 Å². The SMILES string of the molecule is CS(=O)CC(N)c1cccc(C(F)(F)F)c1. The maximum atomic E-state index is 12.4. The summed E-state index contributed by atoms with van der Waals surface area (Å²) in [6.45, 7) is 0. The second kappa shape index (κ2) is 4.97. The summed E-state index contributed by atoms with van der Waals surface area (Å²) in [5.41, 5.74) is 5.27. The van der Waals surface area contributed by atoms with E-state index in [0.717, 1.165) is 12.1 Å². The first-order chi connectivity index (χ1) is 7.30. The number of halogens is 3. The van der Waals surface area contributed by atoms with Crippen LogP contribution in [-0.4, -0.2) is 16.2 Å². The number of alkyl halides is 3. The number of nitrogens with two attached hydrogens (primary N) is 1. The lowest BCUT2D eigenvalue weighted by molar-refractivity contribution is -0.137. The molecule has 0 aliphatic heterocycles. The van der Waals surface area contributed by atoms with Crippen LogP contribution in [0.3, 0.4) is 0 Å². The van der Waals surface area contributed by atoms with Gasteiger partial charge in [0.15, 0.2) is 0 Å². The predicted molar refractivity (Wildman–Crippen MR) is 57.3 cm³/mol. The fraction of sp³-hybridized carbons (Fsp3) is 0.400. The van der Waals surface area contributed by atoms with E-state index in [1.807, 2.05) is 0 Å². The van der Waals surface area contributed by atoms with Crippen LogP contribution in [0.15, 0.2) is 24.3 Å². The molecule has 0 bridgehead atoms. The second-order valence-corrected chi connectivity index (χ2v) is 4.95. The fourth-order valence-corrected chi connectivity index (χ4v) is 1.99. The molecular weight excluding hydrogens is 239 g/mol. The molecule has 0 aliphatic carbocycles. The van der Waals surface area contributed by atoms with E-state index in [9.17, 15) is 17.4 Å². The number of rotatable bonds is 3. The van der Waals surface area contributed by atoms with Crippen LogP contribution in [0.1, 0.15) is 17.2 Å². The molecule has 0 fully saturated rings. The third kappa shape index (κ3) is 3.61. The summed E-state index contributed by atoms with van der Waals surface area (Å²) in [7, 11) is -1.13. The lowest BCUT2D eigenvalue weighted by Gasteiger charge is -2.13. The molecule has 0 aromatic heterocycles. The highest BCUT2D eigenvalue weighted by Gasteiger charge is 2.30. The van der Waals surface area contributed by atoms with Crippen LogP contribution >= 0.6 is 0 Å². The van der Waals surface area contributed by atoms with E-state index >= 15 is 0 Å². The minimum atomic E-state index is -4.37. The Balaban J connectivity index is 2.94. The molecule has 6 heteroatoms. The van der Waals surface area contributed by atoms with Crippen LogP contribution in [-0.2, 0) is 17.0 Å². The zero-order valence-electron chi connectivity index (χ0n) is 8.62. The Bertz CT molecular complexity index is 392. The summed E-state index contributed by atoms with van der Waals surface area (Å²) in [5, 5.41) is 0. The van der Waals surface area contributed by atoms with Crippen molar-refractivity contribution in [1.82, 2.24) is 0 Å². The molecule has 2 atom stereocenters. The van der Waals surface area contributed by atoms with Gasteiger partial charge in [0, 0.05) is 28.9 Å². The van der Waals surface area contributed by atoms with Crippen molar-refractivity contribution in [2.45, 2.75) is 12.2 Å². The minimum Gasteiger partial charge on any atom is -0.323 e. The summed E-state index contributed by atoms with van der Waals surface area (Å²) in [5.74, 6) is 0.154. The number of hydrogen-bond acceptors (Lipinski definition) is 2. The molecule has 0 saturated carbocycles. The molecule has 90 valence electrons. The smallest absolute Gasteiger partial charge is 0.323 e. The normalized spacial score (nSPS) is 15.8. The van der Waals surface area contributed by atoms with Gasteiger partial charge in [-0.25, -0.2) is 0 Å². The summed E-state index contributed by atoms with van der Waals surface area (Å²) in [4.78, 5) is 0. The van der Waals surface area contributed by atoms with Crippen molar-refractivity contribution >= 4 is 10.8 Å². The molecule has 0 heterocycles. The van der Waals surface area contributed by atoms with E-state index in [2.05, 4.69) is 0 Å². The molecule has 1 aromatic rings. The van der Waals surface area contributed by atoms with Crippen LogP contribution in [0.4, 0.5) is 13.2 Å². The molecule has 16 heavy (non-hydrogen) atoms. The summed E-state index contributed by atoms with van der Waals surface area (Å²) in [6.07, 6.45) is -2.91. The molecule has 0 radical (unpaired) electrons. The quantitative estimate of drug-likeness (QED) is 0.893. The highest BCUT2D eigenvalue weighted by atomic mass is 32.2. The highest BCUT2D eigenvalue weighted by molar-refractivity contribution is 7.84. The van der Waals surface area contributed by atoms with Gasteiger partial charge in [0.1, 0.15) is 0 Å². The Kier molecular flexibility index (Phi) is 4.09. The third-order valence-electron chi connectivity index (χ3n) is 2.06. The maximum absolute atomic E-state index is 12.4. The largest absolute Gasteiger partial charge is 0.416 e. The minimum absolute atomic E-state index is 0.154. The first-order valence-corrected chi connectivity index (χ1v) is 6.26. The molecule has 2 N–H and O–H groups in total. The van der Waals surface area contributed by atoms with E-state index in [0.29, 0.717) is 5.56 Å². The van der Waals surface area contributed by atoms with Gasteiger partial charge in [-0.1, -0.05) is 12.1 Å². The third-order valence-corrected chi connectivity index (χ3v) is 2.88. The summed E-state index contributed by atoms with van der Waals surface area (Å²) >= 11 is 0. The van der Waals surface area contributed by atoms with Crippen LogP contribution in [0, 0.1) is 0 Å². The van der Waals surface area contributed by atoms with Crippen molar-refractivity contribution in [3.8, 4) is 0 Å². The van der Waals surface area contributed by atoms with Gasteiger partial charge < -0.3 is 5.73 Å². The van der Waals surface area contributed by atoms with Gasteiger partial charge in [-0.2, -0.15) is 13.2 Å². The molecule has 0 saturated heterocycles. The molecule has 0 aliphatic rings. The van der Waals surface area contributed by atoms with E-state index in [4.69, 9.17) is 5.73 Å². The molecule has 0 amide bonds. The molecule has 2 unspecified atom stereocenters.